The van der Waals surface area contributed by atoms with Gasteiger partial charge in [-0.1, -0.05) is 30.3 Å². The van der Waals surface area contributed by atoms with Gasteiger partial charge in [0.1, 0.15) is 0 Å². The molecule has 7 heteroatoms. The fourth-order valence-electron chi connectivity index (χ4n) is 3.93. The first-order chi connectivity index (χ1) is 14.8. The summed E-state index contributed by atoms with van der Waals surface area (Å²) in [6.45, 7) is 3.12. The maximum Gasteiger partial charge on any atom is 0.227 e. The standard InChI is InChI=1S/C23H24N6O/c30-22(15-18-16-24-29(17-18)19-7-2-1-3-8-19)27-11-6-12-28(14-13-27)23-25-20-9-4-5-10-21(20)26-23/h1-5,7-10,16-17H,6,11-15H2,(H,25,26). The predicted octanol–water partition coefficient (Wildman–Crippen LogP) is 3.03. The minimum atomic E-state index is 0.147. The number of H-pyrrole nitrogens is 1. The number of hydrogen-bond acceptors (Lipinski definition) is 4. The van der Waals surface area contributed by atoms with Gasteiger partial charge < -0.3 is 14.8 Å². The molecule has 0 bridgehead atoms. The number of nitrogens with one attached hydrogen (secondary N) is 1. The molecule has 1 aliphatic rings. The molecule has 0 saturated carbocycles. The lowest BCUT2D eigenvalue weighted by Crippen LogP contribution is -2.36. The van der Waals surface area contributed by atoms with E-state index in [2.05, 4.69) is 15.0 Å². The van der Waals surface area contributed by atoms with Gasteiger partial charge in [0.15, 0.2) is 0 Å². The summed E-state index contributed by atoms with van der Waals surface area (Å²) in [6, 6.07) is 18.0. The highest BCUT2D eigenvalue weighted by molar-refractivity contribution is 5.79. The molecule has 0 atom stereocenters. The number of fused-ring (bicyclic) bond motifs is 1. The molecule has 1 N–H and O–H groups in total. The maximum absolute atomic E-state index is 12.9. The molecule has 7 nitrogen and oxygen atoms in total. The summed E-state index contributed by atoms with van der Waals surface area (Å²) in [5, 5.41) is 4.40. The molecule has 3 heterocycles. The molecule has 0 aliphatic carbocycles. The van der Waals surface area contributed by atoms with Crippen molar-refractivity contribution in [2.75, 3.05) is 31.1 Å². The van der Waals surface area contributed by atoms with Crippen molar-refractivity contribution in [3.8, 4) is 5.69 Å². The highest BCUT2D eigenvalue weighted by Crippen LogP contribution is 2.19. The van der Waals surface area contributed by atoms with E-state index in [0.29, 0.717) is 13.0 Å². The maximum atomic E-state index is 12.9. The van der Waals surface area contributed by atoms with Crippen LogP contribution in [0, 0.1) is 0 Å². The minimum Gasteiger partial charge on any atom is -0.341 e. The minimum absolute atomic E-state index is 0.147. The van der Waals surface area contributed by atoms with E-state index in [1.807, 2.05) is 70.4 Å². The highest BCUT2D eigenvalue weighted by atomic mass is 16.2. The van der Waals surface area contributed by atoms with E-state index in [1.165, 1.54) is 0 Å². The number of para-hydroxylation sites is 3. The number of aromatic amines is 1. The topological polar surface area (TPSA) is 70.1 Å². The Hall–Kier alpha value is -3.61. The predicted molar refractivity (Wildman–Crippen MR) is 117 cm³/mol. The van der Waals surface area contributed by atoms with Gasteiger partial charge in [-0.05, 0) is 36.2 Å². The molecule has 2 aromatic heterocycles. The van der Waals surface area contributed by atoms with Gasteiger partial charge in [0.2, 0.25) is 11.9 Å². The SMILES string of the molecule is O=C(Cc1cnn(-c2ccccc2)c1)N1CCCN(c2nc3ccccc3[nH]2)CC1. The molecule has 1 fully saturated rings. The van der Waals surface area contributed by atoms with Crippen molar-refractivity contribution in [1.29, 1.82) is 0 Å². The summed E-state index contributed by atoms with van der Waals surface area (Å²) in [6.07, 6.45) is 5.01. The van der Waals surface area contributed by atoms with Crippen molar-refractivity contribution in [2.24, 2.45) is 0 Å². The lowest BCUT2D eigenvalue weighted by molar-refractivity contribution is -0.130. The second-order valence-corrected chi connectivity index (χ2v) is 7.60. The zero-order chi connectivity index (χ0) is 20.3. The van der Waals surface area contributed by atoms with Crippen LogP contribution in [0.4, 0.5) is 5.95 Å². The Morgan fingerprint density at radius 1 is 0.967 bits per heavy atom. The quantitative estimate of drug-likeness (QED) is 0.572. The number of carbonyl (C=O) groups is 1. The van der Waals surface area contributed by atoms with Crippen molar-refractivity contribution in [3.63, 3.8) is 0 Å². The van der Waals surface area contributed by atoms with Crippen LogP contribution in [-0.4, -0.2) is 56.7 Å². The third kappa shape index (κ3) is 3.78. The van der Waals surface area contributed by atoms with Crippen LogP contribution in [0.15, 0.2) is 67.0 Å². The van der Waals surface area contributed by atoms with E-state index in [9.17, 15) is 4.79 Å². The van der Waals surface area contributed by atoms with Crippen molar-refractivity contribution < 1.29 is 4.79 Å². The Labute approximate surface area is 174 Å². The second kappa shape index (κ2) is 8.02. The molecule has 30 heavy (non-hydrogen) atoms. The molecule has 1 aliphatic heterocycles. The number of rotatable bonds is 4. The normalized spacial score (nSPS) is 14.8. The van der Waals surface area contributed by atoms with Crippen molar-refractivity contribution in [3.05, 3.63) is 72.6 Å². The number of carbonyl (C=O) groups excluding carboxylic acids is 1. The van der Waals surface area contributed by atoms with Crippen LogP contribution in [0.25, 0.3) is 16.7 Å². The third-order valence-electron chi connectivity index (χ3n) is 5.54. The van der Waals surface area contributed by atoms with E-state index in [-0.39, 0.29) is 5.91 Å². The van der Waals surface area contributed by atoms with Gasteiger partial charge in [-0.2, -0.15) is 5.10 Å². The second-order valence-electron chi connectivity index (χ2n) is 7.60. The molecule has 2 aromatic carbocycles. The van der Waals surface area contributed by atoms with Gasteiger partial charge in [-0.3, -0.25) is 4.79 Å². The molecule has 152 valence electrons. The van der Waals surface area contributed by atoms with E-state index < -0.39 is 0 Å². The van der Waals surface area contributed by atoms with E-state index in [4.69, 9.17) is 4.98 Å². The number of amides is 1. The first-order valence-corrected chi connectivity index (χ1v) is 10.3. The van der Waals surface area contributed by atoms with Gasteiger partial charge in [0.25, 0.3) is 0 Å². The molecule has 4 aromatic rings. The number of imidazole rings is 1. The summed E-state index contributed by atoms with van der Waals surface area (Å²) in [5.74, 6) is 1.03. The van der Waals surface area contributed by atoms with Crippen LogP contribution in [0.3, 0.4) is 0 Å². The third-order valence-corrected chi connectivity index (χ3v) is 5.54. The van der Waals surface area contributed by atoms with Gasteiger partial charge in [-0.25, -0.2) is 9.67 Å². The summed E-state index contributed by atoms with van der Waals surface area (Å²) in [4.78, 5) is 25.2. The molecular weight excluding hydrogens is 376 g/mol. The Kier molecular flexibility index (Phi) is 4.93. The molecule has 0 unspecified atom stereocenters. The Morgan fingerprint density at radius 2 is 1.80 bits per heavy atom. The number of anilines is 1. The molecule has 0 spiro atoms. The number of benzene rings is 2. The van der Waals surface area contributed by atoms with Crippen LogP contribution in [-0.2, 0) is 11.2 Å². The number of hydrogen-bond donors (Lipinski definition) is 1. The van der Waals surface area contributed by atoms with Crippen LogP contribution < -0.4 is 4.90 Å². The smallest absolute Gasteiger partial charge is 0.227 e. The summed E-state index contributed by atoms with van der Waals surface area (Å²) >= 11 is 0. The zero-order valence-electron chi connectivity index (χ0n) is 16.7. The average Bonchev–Trinajstić information content (AvgIpc) is 3.34. The Balaban J connectivity index is 1.22. The lowest BCUT2D eigenvalue weighted by Gasteiger charge is -2.21. The monoisotopic (exact) mass is 400 g/mol. The van der Waals surface area contributed by atoms with Crippen LogP contribution in [0.2, 0.25) is 0 Å². The van der Waals surface area contributed by atoms with Gasteiger partial charge in [0.05, 0.1) is 29.3 Å². The summed E-state index contributed by atoms with van der Waals surface area (Å²) in [7, 11) is 0. The van der Waals surface area contributed by atoms with Gasteiger partial charge in [0, 0.05) is 32.4 Å². The molecular formula is C23H24N6O. The van der Waals surface area contributed by atoms with Crippen LogP contribution in [0.5, 0.6) is 0 Å². The first-order valence-electron chi connectivity index (χ1n) is 10.3. The van der Waals surface area contributed by atoms with Gasteiger partial charge in [-0.15, -0.1) is 0 Å². The molecule has 1 amide bonds. The van der Waals surface area contributed by atoms with E-state index in [1.54, 1.807) is 6.20 Å². The number of nitrogens with zero attached hydrogens (tertiary/aromatic N) is 5. The van der Waals surface area contributed by atoms with Crippen molar-refractivity contribution in [1.82, 2.24) is 24.6 Å². The average molecular weight is 400 g/mol. The molecule has 0 radical (unpaired) electrons. The largest absolute Gasteiger partial charge is 0.341 e. The van der Waals surface area contributed by atoms with Crippen LogP contribution >= 0.6 is 0 Å². The highest BCUT2D eigenvalue weighted by Gasteiger charge is 2.21. The van der Waals surface area contributed by atoms with Crippen LogP contribution in [0.1, 0.15) is 12.0 Å². The summed E-state index contributed by atoms with van der Waals surface area (Å²) < 4.78 is 1.81. The molecule has 1 saturated heterocycles. The zero-order valence-corrected chi connectivity index (χ0v) is 16.7. The summed E-state index contributed by atoms with van der Waals surface area (Å²) in [5.41, 5.74) is 3.94. The van der Waals surface area contributed by atoms with Crippen molar-refractivity contribution in [2.45, 2.75) is 12.8 Å². The van der Waals surface area contributed by atoms with E-state index in [0.717, 1.165) is 54.3 Å². The van der Waals surface area contributed by atoms with E-state index >= 15 is 0 Å². The van der Waals surface area contributed by atoms with Crippen molar-refractivity contribution >= 4 is 22.9 Å². The Bertz CT molecular complexity index is 1120. The number of aromatic nitrogens is 4. The first kappa shape index (κ1) is 18.4. The van der Waals surface area contributed by atoms with Gasteiger partial charge >= 0.3 is 0 Å². The Morgan fingerprint density at radius 3 is 2.67 bits per heavy atom. The molecule has 5 rings (SSSR count). The fraction of sp³-hybridized carbons (Fsp3) is 0.261. The fourth-order valence-corrected chi connectivity index (χ4v) is 3.93. The lowest BCUT2D eigenvalue weighted by atomic mass is 10.2.